The highest BCUT2D eigenvalue weighted by Gasteiger charge is 2.14. The summed E-state index contributed by atoms with van der Waals surface area (Å²) in [6, 6.07) is 15.1. The van der Waals surface area contributed by atoms with Crippen LogP contribution < -0.4 is 10.0 Å². The minimum Gasteiger partial charge on any atom is -0.345 e. The van der Waals surface area contributed by atoms with Crippen LogP contribution in [0.25, 0.3) is 0 Å². The molecule has 0 atom stereocenters. The molecule has 9 heteroatoms. The molecule has 0 unspecified atom stereocenters. The second kappa shape index (κ2) is 7.80. The van der Waals surface area contributed by atoms with E-state index >= 15 is 0 Å². The summed E-state index contributed by atoms with van der Waals surface area (Å²) in [5.41, 5.74) is -0.186. The van der Waals surface area contributed by atoms with Crippen molar-refractivity contribution in [3.8, 4) is 18.2 Å². The van der Waals surface area contributed by atoms with Gasteiger partial charge in [0.15, 0.2) is 5.57 Å². The zero-order valence-electron chi connectivity index (χ0n) is 13.1. The summed E-state index contributed by atoms with van der Waals surface area (Å²) in [6.45, 7) is 0. The highest BCUT2D eigenvalue weighted by Crippen LogP contribution is 2.21. The minimum atomic E-state index is -3.93. The number of hydrogen-bond donors (Lipinski definition) is 2. The Balaban J connectivity index is 2.29. The lowest BCUT2D eigenvalue weighted by Gasteiger charge is -2.10. The molecule has 0 heterocycles. The van der Waals surface area contributed by atoms with Gasteiger partial charge in [-0.2, -0.15) is 15.8 Å². The quantitative estimate of drug-likeness (QED) is 0.782. The molecular weight excluding hydrogens is 357 g/mol. The fraction of sp³-hybridized carbons (Fsp3) is 0. The summed E-state index contributed by atoms with van der Waals surface area (Å²) >= 11 is 0. The Morgan fingerprint density at radius 1 is 0.923 bits per heavy atom. The molecule has 0 aliphatic carbocycles. The molecule has 0 spiro atoms. The van der Waals surface area contributed by atoms with E-state index in [0.717, 1.165) is 24.3 Å². The number of halogens is 1. The van der Waals surface area contributed by atoms with Crippen LogP contribution >= 0.6 is 0 Å². The first-order chi connectivity index (χ1) is 12.4. The summed E-state index contributed by atoms with van der Waals surface area (Å²) in [4.78, 5) is -0.119. The van der Waals surface area contributed by atoms with Gasteiger partial charge in [-0.25, -0.2) is 12.8 Å². The third-order valence-corrected chi connectivity index (χ3v) is 4.49. The van der Waals surface area contributed by atoms with E-state index < -0.39 is 21.4 Å². The summed E-state index contributed by atoms with van der Waals surface area (Å²) in [6.07, 6.45) is 0. The lowest BCUT2D eigenvalue weighted by molar-refractivity contribution is 0.599. The Morgan fingerprint density at radius 2 is 1.54 bits per heavy atom. The molecule has 0 radical (unpaired) electrons. The molecular formula is C17H10FN5O2S. The molecule has 0 amide bonds. The van der Waals surface area contributed by atoms with E-state index in [1.165, 1.54) is 24.3 Å². The van der Waals surface area contributed by atoms with Gasteiger partial charge in [0.1, 0.15) is 29.7 Å². The first kappa shape index (κ1) is 18.5. The van der Waals surface area contributed by atoms with E-state index in [1.54, 1.807) is 18.2 Å². The average Bonchev–Trinajstić information content (AvgIpc) is 2.62. The number of benzene rings is 2. The summed E-state index contributed by atoms with van der Waals surface area (Å²) in [5.74, 6) is -0.559. The Bertz CT molecular complexity index is 1070. The van der Waals surface area contributed by atoms with Crippen molar-refractivity contribution in [1.29, 1.82) is 15.8 Å². The number of nitriles is 3. The molecule has 2 aromatic rings. The van der Waals surface area contributed by atoms with Crippen LogP contribution in [0.5, 0.6) is 0 Å². The van der Waals surface area contributed by atoms with Crippen molar-refractivity contribution in [2.24, 2.45) is 0 Å². The summed E-state index contributed by atoms with van der Waals surface area (Å²) in [5, 5.41) is 29.3. The van der Waals surface area contributed by atoms with Crippen LogP contribution in [0.3, 0.4) is 0 Å². The van der Waals surface area contributed by atoms with Gasteiger partial charge >= 0.3 is 0 Å². The minimum absolute atomic E-state index is 0.119. The van der Waals surface area contributed by atoms with Crippen LogP contribution in [0.1, 0.15) is 0 Å². The number of allylic oxidation sites excluding steroid dienone is 2. The first-order valence-electron chi connectivity index (χ1n) is 6.99. The smallest absolute Gasteiger partial charge is 0.261 e. The fourth-order valence-corrected chi connectivity index (χ4v) is 2.97. The predicted octanol–water partition coefficient (Wildman–Crippen LogP) is 2.86. The third kappa shape index (κ3) is 4.35. The van der Waals surface area contributed by atoms with Crippen molar-refractivity contribution in [1.82, 2.24) is 0 Å². The molecule has 2 rings (SSSR count). The molecule has 0 saturated carbocycles. The second-order valence-corrected chi connectivity index (χ2v) is 6.53. The van der Waals surface area contributed by atoms with Crippen molar-refractivity contribution < 1.29 is 12.8 Å². The Hall–Kier alpha value is -3.87. The maximum Gasteiger partial charge on any atom is 0.261 e. The number of nitrogens with one attached hydrogen (secondary N) is 2. The normalized spacial score (nSPS) is 9.92. The van der Waals surface area contributed by atoms with E-state index in [4.69, 9.17) is 15.8 Å². The molecule has 0 bridgehead atoms. The lowest BCUT2D eigenvalue weighted by atomic mass is 10.2. The van der Waals surface area contributed by atoms with Gasteiger partial charge < -0.3 is 5.32 Å². The van der Waals surface area contributed by atoms with Crippen molar-refractivity contribution in [2.45, 2.75) is 4.90 Å². The zero-order valence-corrected chi connectivity index (χ0v) is 13.9. The van der Waals surface area contributed by atoms with Crippen LogP contribution in [0.4, 0.5) is 15.8 Å². The van der Waals surface area contributed by atoms with Gasteiger partial charge in [0.05, 0.1) is 10.6 Å². The summed E-state index contributed by atoms with van der Waals surface area (Å²) < 4.78 is 39.9. The van der Waals surface area contributed by atoms with Gasteiger partial charge in [-0.1, -0.05) is 6.07 Å². The molecule has 0 saturated heterocycles. The van der Waals surface area contributed by atoms with E-state index in [1.807, 2.05) is 0 Å². The highest BCUT2D eigenvalue weighted by atomic mass is 32.2. The highest BCUT2D eigenvalue weighted by molar-refractivity contribution is 7.92. The van der Waals surface area contributed by atoms with Crippen LogP contribution in [0, 0.1) is 39.8 Å². The SMILES string of the molecule is N#CC(C#N)=C(C#N)Nc1cccc(NS(=O)(=O)c2ccc(F)cc2)c1. The molecule has 0 aliphatic heterocycles. The van der Waals surface area contributed by atoms with Crippen molar-refractivity contribution in [3.63, 3.8) is 0 Å². The molecule has 26 heavy (non-hydrogen) atoms. The molecule has 7 nitrogen and oxygen atoms in total. The van der Waals surface area contributed by atoms with Gasteiger partial charge in [-0.05, 0) is 42.5 Å². The number of sulfonamides is 1. The molecule has 2 N–H and O–H groups in total. The van der Waals surface area contributed by atoms with Gasteiger partial charge in [-0.3, -0.25) is 4.72 Å². The Labute approximate surface area is 149 Å². The summed E-state index contributed by atoms with van der Waals surface area (Å²) in [7, 11) is -3.93. The Morgan fingerprint density at radius 3 is 2.12 bits per heavy atom. The van der Waals surface area contributed by atoms with E-state index in [0.29, 0.717) is 5.69 Å². The molecule has 128 valence electrons. The standard InChI is InChI=1S/C17H10FN5O2S/c18-13-4-6-16(7-5-13)26(24,25)23-15-3-1-2-14(8-15)22-17(11-21)12(9-19)10-20/h1-8,22-23H. The van der Waals surface area contributed by atoms with Crippen LogP contribution in [-0.4, -0.2) is 8.42 Å². The van der Waals surface area contributed by atoms with Crippen LogP contribution in [0.15, 0.2) is 64.7 Å². The maximum absolute atomic E-state index is 12.9. The Kier molecular flexibility index (Phi) is 5.54. The number of hydrogen-bond acceptors (Lipinski definition) is 6. The van der Waals surface area contributed by atoms with Gasteiger partial charge in [0, 0.05) is 5.69 Å². The monoisotopic (exact) mass is 367 g/mol. The van der Waals surface area contributed by atoms with Gasteiger partial charge in [0.2, 0.25) is 0 Å². The second-order valence-electron chi connectivity index (χ2n) is 4.85. The van der Waals surface area contributed by atoms with Crippen molar-refractivity contribution in [2.75, 3.05) is 10.0 Å². The lowest BCUT2D eigenvalue weighted by Crippen LogP contribution is -2.13. The van der Waals surface area contributed by atoms with Crippen LogP contribution in [0.2, 0.25) is 0 Å². The molecule has 0 fully saturated rings. The largest absolute Gasteiger partial charge is 0.345 e. The van der Waals surface area contributed by atoms with E-state index in [-0.39, 0.29) is 16.3 Å². The van der Waals surface area contributed by atoms with Crippen LogP contribution in [-0.2, 0) is 10.0 Å². The van der Waals surface area contributed by atoms with Gasteiger partial charge in [0.25, 0.3) is 10.0 Å². The van der Waals surface area contributed by atoms with Gasteiger partial charge in [-0.15, -0.1) is 0 Å². The maximum atomic E-state index is 12.9. The van der Waals surface area contributed by atoms with E-state index in [9.17, 15) is 12.8 Å². The number of nitrogens with zero attached hydrogens (tertiary/aromatic N) is 3. The van der Waals surface area contributed by atoms with Crippen molar-refractivity contribution >= 4 is 21.4 Å². The molecule has 0 aliphatic rings. The van der Waals surface area contributed by atoms with Crippen molar-refractivity contribution in [3.05, 3.63) is 65.6 Å². The number of rotatable bonds is 5. The topological polar surface area (TPSA) is 130 Å². The molecule has 0 aromatic heterocycles. The van der Waals surface area contributed by atoms with E-state index in [2.05, 4.69) is 10.0 Å². The number of anilines is 2. The predicted molar refractivity (Wildman–Crippen MR) is 91.1 cm³/mol. The third-order valence-electron chi connectivity index (χ3n) is 3.09. The zero-order chi connectivity index (χ0) is 19.2. The molecule has 2 aromatic carbocycles. The first-order valence-corrected chi connectivity index (χ1v) is 8.48. The average molecular weight is 367 g/mol. The fourth-order valence-electron chi connectivity index (χ4n) is 1.92.